The maximum Gasteiger partial charge on any atom is 0.265 e. The van der Waals surface area contributed by atoms with Crippen LogP contribution in [0, 0.1) is 0 Å². The molecule has 3 rings (SSSR count). The van der Waals surface area contributed by atoms with Crippen molar-refractivity contribution in [1.82, 2.24) is 0 Å². The highest BCUT2D eigenvalue weighted by molar-refractivity contribution is 5.97. The fourth-order valence-electron chi connectivity index (χ4n) is 2.92. The molecule has 0 saturated carbocycles. The summed E-state index contributed by atoms with van der Waals surface area (Å²) in [4.78, 5) is 26.1. The number of rotatable bonds is 6. The summed E-state index contributed by atoms with van der Waals surface area (Å²) in [5.41, 5.74) is 2.35. The van der Waals surface area contributed by atoms with E-state index in [9.17, 15) is 9.59 Å². The monoisotopic (exact) mass is 368 g/mol. The van der Waals surface area contributed by atoms with Crippen molar-refractivity contribution < 1.29 is 19.1 Å². The van der Waals surface area contributed by atoms with Crippen LogP contribution in [0.5, 0.6) is 5.75 Å². The molecule has 1 aliphatic rings. The van der Waals surface area contributed by atoms with E-state index in [2.05, 4.69) is 10.2 Å². The van der Waals surface area contributed by atoms with E-state index in [1.165, 1.54) is 6.92 Å². The molecule has 2 aromatic carbocycles. The van der Waals surface area contributed by atoms with E-state index >= 15 is 0 Å². The first-order valence-electron chi connectivity index (χ1n) is 9.05. The average molecular weight is 368 g/mol. The van der Waals surface area contributed by atoms with Crippen LogP contribution in [0.25, 0.3) is 0 Å². The molecule has 0 unspecified atom stereocenters. The number of Topliss-reactive ketones (excluding diaryl/α,β-unsaturated/α-hetero) is 1. The standard InChI is InChI=1S/C21H24N2O4/c1-15(24)17-7-9-18(10-8-17)27-16(2)21(25)22-19-5-3-4-6-20(19)23-11-13-26-14-12-23/h3-10,16H,11-14H2,1-2H3,(H,22,25)/t16-/m1/s1. The Morgan fingerprint density at radius 3 is 2.41 bits per heavy atom. The van der Waals surface area contributed by atoms with Gasteiger partial charge in [0.1, 0.15) is 5.75 Å². The lowest BCUT2D eigenvalue weighted by Crippen LogP contribution is -2.37. The predicted octanol–water partition coefficient (Wildman–Crippen LogP) is 3.13. The van der Waals surface area contributed by atoms with Crippen molar-refractivity contribution in [1.29, 1.82) is 0 Å². The zero-order chi connectivity index (χ0) is 19.2. The van der Waals surface area contributed by atoms with Crippen LogP contribution in [0.2, 0.25) is 0 Å². The number of carbonyl (C=O) groups is 2. The Balaban J connectivity index is 1.65. The Bertz CT molecular complexity index is 798. The minimum absolute atomic E-state index is 0.00735. The van der Waals surface area contributed by atoms with Crippen LogP contribution in [0.3, 0.4) is 0 Å². The van der Waals surface area contributed by atoms with Crippen LogP contribution in [0.4, 0.5) is 11.4 Å². The number of nitrogens with zero attached hydrogens (tertiary/aromatic N) is 1. The first-order valence-corrected chi connectivity index (χ1v) is 9.05. The van der Waals surface area contributed by atoms with Gasteiger partial charge < -0.3 is 19.7 Å². The van der Waals surface area contributed by atoms with Crippen LogP contribution in [-0.2, 0) is 9.53 Å². The van der Waals surface area contributed by atoms with E-state index in [1.54, 1.807) is 31.2 Å². The van der Waals surface area contributed by atoms with E-state index in [4.69, 9.17) is 9.47 Å². The summed E-state index contributed by atoms with van der Waals surface area (Å²) in [5.74, 6) is 0.308. The van der Waals surface area contributed by atoms with Crippen molar-refractivity contribution in [2.24, 2.45) is 0 Å². The number of hydrogen-bond donors (Lipinski definition) is 1. The highest BCUT2D eigenvalue weighted by Gasteiger charge is 2.19. The van der Waals surface area contributed by atoms with E-state index < -0.39 is 6.10 Å². The molecule has 0 spiro atoms. The summed E-state index contributed by atoms with van der Waals surface area (Å²) >= 11 is 0. The van der Waals surface area contributed by atoms with Gasteiger partial charge in [0, 0.05) is 18.7 Å². The van der Waals surface area contributed by atoms with E-state index in [-0.39, 0.29) is 11.7 Å². The number of benzene rings is 2. The maximum atomic E-state index is 12.6. The third-order valence-corrected chi connectivity index (χ3v) is 4.46. The molecule has 2 aromatic rings. The average Bonchev–Trinajstić information content (AvgIpc) is 2.69. The van der Waals surface area contributed by atoms with Gasteiger partial charge in [-0.05, 0) is 50.2 Å². The number of para-hydroxylation sites is 2. The zero-order valence-electron chi connectivity index (χ0n) is 15.6. The highest BCUT2D eigenvalue weighted by Crippen LogP contribution is 2.26. The van der Waals surface area contributed by atoms with E-state index in [0.29, 0.717) is 24.5 Å². The first kappa shape index (κ1) is 18.9. The van der Waals surface area contributed by atoms with Crippen LogP contribution < -0.4 is 15.0 Å². The van der Waals surface area contributed by atoms with Crippen LogP contribution in [0.1, 0.15) is 24.2 Å². The molecule has 1 aliphatic heterocycles. The molecule has 1 amide bonds. The number of hydrogen-bond acceptors (Lipinski definition) is 5. The Morgan fingerprint density at radius 2 is 1.74 bits per heavy atom. The van der Waals surface area contributed by atoms with Gasteiger partial charge >= 0.3 is 0 Å². The topological polar surface area (TPSA) is 67.9 Å². The number of nitrogens with one attached hydrogen (secondary N) is 1. The number of amides is 1. The second-order valence-electron chi connectivity index (χ2n) is 6.45. The molecule has 0 bridgehead atoms. The summed E-state index contributed by atoms with van der Waals surface area (Å²) in [7, 11) is 0. The number of anilines is 2. The number of carbonyl (C=O) groups excluding carboxylic acids is 2. The lowest BCUT2D eigenvalue weighted by Gasteiger charge is -2.30. The van der Waals surface area contributed by atoms with Gasteiger partial charge in [0.25, 0.3) is 5.91 Å². The fourth-order valence-corrected chi connectivity index (χ4v) is 2.92. The van der Waals surface area contributed by atoms with E-state index in [0.717, 1.165) is 24.5 Å². The largest absolute Gasteiger partial charge is 0.481 e. The lowest BCUT2D eigenvalue weighted by molar-refractivity contribution is -0.122. The maximum absolute atomic E-state index is 12.6. The molecule has 1 atom stereocenters. The molecule has 0 aliphatic carbocycles. The molecular weight excluding hydrogens is 344 g/mol. The minimum Gasteiger partial charge on any atom is -0.481 e. The van der Waals surface area contributed by atoms with Gasteiger partial charge in [-0.15, -0.1) is 0 Å². The van der Waals surface area contributed by atoms with E-state index in [1.807, 2.05) is 24.3 Å². The molecule has 1 heterocycles. The SMILES string of the molecule is CC(=O)c1ccc(O[C@H](C)C(=O)Nc2ccccc2N2CCOCC2)cc1. The fraction of sp³-hybridized carbons (Fsp3) is 0.333. The van der Waals surface area contributed by atoms with Crippen LogP contribution >= 0.6 is 0 Å². The Labute approximate surface area is 159 Å². The molecular formula is C21H24N2O4. The van der Waals surface area contributed by atoms with Gasteiger partial charge in [-0.25, -0.2) is 0 Å². The minimum atomic E-state index is -0.675. The first-order chi connectivity index (χ1) is 13.0. The van der Waals surface area contributed by atoms with Crippen molar-refractivity contribution in [2.45, 2.75) is 20.0 Å². The highest BCUT2D eigenvalue weighted by atomic mass is 16.5. The summed E-state index contributed by atoms with van der Waals surface area (Å²) in [6.45, 7) is 6.16. The number of ketones is 1. The predicted molar refractivity (Wildman–Crippen MR) is 105 cm³/mol. The van der Waals surface area contributed by atoms with Crippen molar-refractivity contribution in [3.63, 3.8) is 0 Å². The second-order valence-corrected chi connectivity index (χ2v) is 6.45. The molecule has 6 heteroatoms. The van der Waals surface area contributed by atoms with Crippen LogP contribution in [0.15, 0.2) is 48.5 Å². The molecule has 6 nitrogen and oxygen atoms in total. The van der Waals surface area contributed by atoms with Gasteiger partial charge in [-0.3, -0.25) is 9.59 Å². The number of morpholine rings is 1. The Morgan fingerprint density at radius 1 is 1.07 bits per heavy atom. The molecule has 27 heavy (non-hydrogen) atoms. The lowest BCUT2D eigenvalue weighted by atomic mass is 10.1. The van der Waals surface area contributed by atoms with Gasteiger partial charge in [-0.1, -0.05) is 12.1 Å². The Kier molecular flexibility index (Phi) is 6.08. The number of ether oxygens (including phenoxy) is 2. The molecule has 1 saturated heterocycles. The third kappa shape index (κ3) is 4.86. The summed E-state index contributed by atoms with van der Waals surface area (Å²) < 4.78 is 11.1. The zero-order valence-corrected chi connectivity index (χ0v) is 15.6. The van der Waals surface area contributed by atoms with Gasteiger partial charge in [0.2, 0.25) is 0 Å². The van der Waals surface area contributed by atoms with Gasteiger partial charge in [0.05, 0.1) is 24.6 Å². The third-order valence-electron chi connectivity index (χ3n) is 4.46. The summed E-state index contributed by atoms with van der Waals surface area (Å²) in [6, 6.07) is 14.5. The van der Waals surface area contributed by atoms with Crippen molar-refractivity contribution >= 4 is 23.1 Å². The van der Waals surface area contributed by atoms with Gasteiger partial charge in [-0.2, -0.15) is 0 Å². The van der Waals surface area contributed by atoms with Crippen molar-refractivity contribution in [3.8, 4) is 5.75 Å². The quantitative estimate of drug-likeness (QED) is 0.794. The summed E-state index contributed by atoms with van der Waals surface area (Å²) in [6.07, 6.45) is -0.675. The van der Waals surface area contributed by atoms with Gasteiger partial charge in [0.15, 0.2) is 11.9 Å². The van der Waals surface area contributed by atoms with Crippen LogP contribution in [-0.4, -0.2) is 44.1 Å². The molecule has 1 fully saturated rings. The van der Waals surface area contributed by atoms with Crippen molar-refractivity contribution in [3.05, 3.63) is 54.1 Å². The molecule has 142 valence electrons. The molecule has 0 radical (unpaired) electrons. The molecule has 1 N–H and O–H groups in total. The smallest absolute Gasteiger partial charge is 0.265 e. The van der Waals surface area contributed by atoms with Crippen molar-refractivity contribution in [2.75, 3.05) is 36.5 Å². The Hall–Kier alpha value is -2.86. The summed E-state index contributed by atoms with van der Waals surface area (Å²) in [5, 5.41) is 2.96. The normalized spacial score (nSPS) is 15.1. The molecule has 0 aromatic heterocycles. The second kappa shape index (κ2) is 8.68.